The van der Waals surface area contributed by atoms with Crippen LogP contribution in [-0.4, -0.2) is 22.0 Å². The first-order chi connectivity index (χ1) is 9.06. The van der Waals surface area contributed by atoms with Crippen LogP contribution >= 0.6 is 22.7 Å². The Hall–Kier alpha value is -1.99. The van der Waals surface area contributed by atoms with E-state index in [0.29, 0.717) is 10.7 Å². The molecule has 0 radical (unpaired) electrons. The molecular weight excluding hydrogens is 284 g/mol. The summed E-state index contributed by atoms with van der Waals surface area (Å²) in [4.78, 5) is 26.7. The zero-order chi connectivity index (χ0) is 13.8. The summed E-state index contributed by atoms with van der Waals surface area (Å²) in [5.41, 5.74) is 0.804. The van der Waals surface area contributed by atoms with Gasteiger partial charge in [-0.15, -0.1) is 22.7 Å². The van der Waals surface area contributed by atoms with E-state index in [1.807, 2.05) is 12.3 Å². The van der Waals surface area contributed by atoms with Crippen LogP contribution in [0.25, 0.3) is 6.08 Å². The van der Waals surface area contributed by atoms with Gasteiger partial charge in [0, 0.05) is 11.5 Å². The first-order valence-electron chi connectivity index (χ1n) is 5.28. The molecule has 2 heterocycles. The quantitative estimate of drug-likeness (QED) is 0.850. The number of nitrogens with one attached hydrogen (secondary N) is 1. The van der Waals surface area contributed by atoms with Crippen molar-refractivity contribution >= 4 is 45.6 Å². The van der Waals surface area contributed by atoms with E-state index in [9.17, 15) is 9.59 Å². The van der Waals surface area contributed by atoms with Crippen molar-refractivity contribution in [3.05, 3.63) is 39.2 Å². The minimum absolute atomic E-state index is 0.0938. The summed E-state index contributed by atoms with van der Waals surface area (Å²) in [5.74, 6) is -1.44. The number of hydrogen-bond donors (Lipinski definition) is 2. The van der Waals surface area contributed by atoms with Crippen molar-refractivity contribution in [2.45, 2.75) is 6.92 Å². The highest BCUT2D eigenvalue weighted by Crippen LogP contribution is 2.23. The lowest BCUT2D eigenvalue weighted by Gasteiger charge is -1.99. The second kappa shape index (κ2) is 5.77. The smallest absolute Gasteiger partial charge is 0.338 e. The number of hydrogen-bond acceptors (Lipinski definition) is 5. The molecule has 2 aromatic heterocycles. The second-order valence-corrected chi connectivity index (χ2v) is 5.56. The molecule has 19 heavy (non-hydrogen) atoms. The third-order valence-corrected chi connectivity index (χ3v) is 3.80. The maximum absolute atomic E-state index is 11.7. The molecule has 1 amide bonds. The Balaban J connectivity index is 2.03. The molecule has 0 saturated carbocycles. The highest BCUT2D eigenvalue weighted by atomic mass is 32.1. The molecule has 98 valence electrons. The van der Waals surface area contributed by atoms with E-state index in [-0.39, 0.29) is 11.5 Å². The normalized spacial score (nSPS) is 10.8. The number of aromatic carboxylic acids is 1. The monoisotopic (exact) mass is 294 g/mol. The third-order valence-electron chi connectivity index (χ3n) is 2.17. The van der Waals surface area contributed by atoms with Gasteiger partial charge in [0.15, 0.2) is 0 Å². The van der Waals surface area contributed by atoms with Gasteiger partial charge in [-0.1, -0.05) is 0 Å². The number of thiazole rings is 1. The fraction of sp³-hybridized carbons (Fsp3) is 0.0833. The molecule has 0 aliphatic rings. The molecule has 0 atom stereocenters. The van der Waals surface area contributed by atoms with Gasteiger partial charge in [-0.05, 0) is 24.4 Å². The summed E-state index contributed by atoms with van der Waals surface area (Å²) in [6.07, 6.45) is 2.92. The van der Waals surface area contributed by atoms with Crippen LogP contribution < -0.4 is 5.32 Å². The highest BCUT2D eigenvalue weighted by molar-refractivity contribution is 7.14. The topological polar surface area (TPSA) is 79.3 Å². The molecule has 0 fully saturated rings. The van der Waals surface area contributed by atoms with E-state index in [1.165, 1.54) is 34.8 Å². The van der Waals surface area contributed by atoms with E-state index < -0.39 is 5.97 Å². The molecule has 0 aliphatic carbocycles. The van der Waals surface area contributed by atoms with Crippen LogP contribution in [0.2, 0.25) is 0 Å². The van der Waals surface area contributed by atoms with Gasteiger partial charge in [-0.2, -0.15) is 0 Å². The van der Waals surface area contributed by atoms with Crippen molar-refractivity contribution in [1.82, 2.24) is 4.98 Å². The number of carboxylic acid groups (broad SMARTS) is 1. The lowest BCUT2D eigenvalue weighted by molar-refractivity contribution is -0.111. The van der Waals surface area contributed by atoms with Crippen molar-refractivity contribution in [2.24, 2.45) is 0 Å². The van der Waals surface area contributed by atoms with Crippen LogP contribution in [0.1, 0.15) is 21.1 Å². The first-order valence-corrected chi connectivity index (χ1v) is 7.04. The Morgan fingerprint density at radius 2 is 2.21 bits per heavy atom. The standard InChI is InChI=1S/C12H10N2O3S2/c1-7-13-8(6-19-7)2-3-10(15)14-11-9(12(16)17)4-5-18-11/h2-6H,1H3,(H,14,15)(H,16,17)/b3-2+. The number of rotatable bonds is 4. The van der Waals surface area contributed by atoms with Gasteiger partial charge in [-0.3, -0.25) is 4.79 Å². The van der Waals surface area contributed by atoms with Gasteiger partial charge in [-0.25, -0.2) is 9.78 Å². The van der Waals surface area contributed by atoms with Gasteiger partial charge in [0.05, 0.1) is 16.3 Å². The predicted octanol–water partition coefficient (Wildman–Crippen LogP) is 2.86. The number of amides is 1. The number of anilines is 1. The average Bonchev–Trinajstić information content (AvgIpc) is 2.95. The van der Waals surface area contributed by atoms with E-state index in [4.69, 9.17) is 5.11 Å². The Bertz CT molecular complexity index is 643. The van der Waals surface area contributed by atoms with Crippen molar-refractivity contribution in [1.29, 1.82) is 0 Å². The third kappa shape index (κ3) is 3.49. The van der Waals surface area contributed by atoms with Crippen molar-refractivity contribution in [3.8, 4) is 0 Å². The maximum atomic E-state index is 11.7. The van der Waals surface area contributed by atoms with E-state index in [2.05, 4.69) is 10.3 Å². The summed E-state index contributed by atoms with van der Waals surface area (Å²) in [6, 6.07) is 1.45. The molecule has 0 aromatic carbocycles. The number of aryl methyl sites for hydroxylation is 1. The summed E-state index contributed by atoms with van der Waals surface area (Å²) in [6.45, 7) is 1.88. The van der Waals surface area contributed by atoms with Gasteiger partial charge in [0.25, 0.3) is 0 Å². The summed E-state index contributed by atoms with van der Waals surface area (Å²) in [7, 11) is 0. The van der Waals surface area contributed by atoms with E-state index in [0.717, 1.165) is 5.01 Å². The minimum Gasteiger partial charge on any atom is -0.478 e. The molecule has 0 aliphatic heterocycles. The van der Waals surface area contributed by atoms with Crippen molar-refractivity contribution < 1.29 is 14.7 Å². The fourth-order valence-electron chi connectivity index (χ4n) is 1.35. The van der Waals surface area contributed by atoms with Crippen LogP contribution in [0.4, 0.5) is 5.00 Å². The molecular formula is C12H10N2O3S2. The Morgan fingerprint density at radius 1 is 1.42 bits per heavy atom. The zero-order valence-electron chi connectivity index (χ0n) is 9.91. The van der Waals surface area contributed by atoms with Crippen molar-refractivity contribution in [3.63, 3.8) is 0 Å². The number of carbonyl (C=O) groups excluding carboxylic acids is 1. The number of nitrogens with zero attached hydrogens (tertiary/aromatic N) is 1. The predicted molar refractivity (Wildman–Crippen MR) is 75.8 cm³/mol. The minimum atomic E-state index is -1.06. The van der Waals surface area contributed by atoms with Crippen LogP contribution in [0.3, 0.4) is 0 Å². The van der Waals surface area contributed by atoms with E-state index >= 15 is 0 Å². The van der Waals surface area contributed by atoms with Crippen LogP contribution in [0, 0.1) is 6.92 Å². The number of aromatic nitrogens is 1. The van der Waals surface area contributed by atoms with Crippen molar-refractivity contribution in [2.75, 3.05) is 5.32 Å². The van der Waals surface area contributed by atoms with Gasteiger partial charge in [0.2, 0.25) is 5.91 Å². The number of carbonyl (C=O) groups is 2. The first kappa shape index (κ1) is 13.4. The Kier molecular flexibility index (Phi) is 4.08. The zero-order valence-corrected chi connectivity index (χ0v) is 11.5. The molecule has 5 nitrogen and oxygen atoms in total. The molecule has 7 heteroatoms. The van der Waals surface area contributed by atoms with Crippen LogP contribution in [-0.2, 0) is 4.79 Å². The number of thiophene rings is 1. The lowest BCUT2D eigenvalue weighted by atomic mass is 10.3. The second-order valence-electron chi connectivity index (χ2n) is 3.58. The van der Waals surface area contributed by atoms with E-state index in [1.54, 1.807) is 11.5 Å². The Morgan fingerprint density at radius 3 is 2.84 bits per heavy atom. The van der Waals surface area contributed by atoms with Gasteiger partial charge >= 0.3 is 5.97 Å². The molecule has 0 spiro atoms. The van der Waals surface area contributed by atoms with Gasteiger partial charge in [0.1, 0.15) is 5.00 Å². The SMILES string of the molecule is Cc1nc(/C=C/C(=O)Nc2sccc2C(=O)O)cs1. The summed E-state index contributed by atoms with van der Waals surface area (Å²) >= 11 is 2.67. The number of carboxylic acids is 1. The highest BCUT2D eigenvalue weighted by Gasteiger charge is 2.12. The average molecular weight is 294 g/mol. The summed E-state index contributed by atoms with van der Waals surface area (Å²) in [5, 5.41) is 16.2. The van der Waals surface area contributed by atoms with Crippen LogP contribution in [0.5, 0.6) is 0 Å². The Labute approximate surface area is 117 Å². The molecule has 2 rings (SSSR count). The maximum Gasteiger partial charge on any atom is 0.338 e. The largest absolute Gasteiger partial charge is 0.478 e. The lowest BCUT2D eigenvalue weighted by Crippen LogP contribution is -2.09. The molecule has 0 saturated heterocycles. The van der Waals surface area contributed by atoms with Gasteiger partial charge < -0.3 is 10.4 Å². The fourth-order valence-corrected chi connectivity index (χ4v) is 2.71. The molecule has 0 bridgehead atoms. The molecule has 2 aromatic rings. The molecule has 2 N–H and O–H groups in total. The molecule has 0 unspecified atom stereocenters. The summed E-state index contributed by atoms with van der Waals surface area (Å²) < 4.78 is 0. The van der Waals surface area contributed by atoms with Crippen LogP contribution in [0.15, 0.2) is 22.9 Å².